The molecule has 0 aliphatic carbocycles. The zero-order valence-corrected chi connectivity index (χ0v) is 13.1. The van der Waals surface area contributed by atoms with Crippen LogP contribution >= 0.6 is 11.3 Å². The van der Waals surface area contributed by atoms with Crippen molar-refractivity contribution in [3.05, 3.63) is 64.5 Å². The standard InChI is InChI=1S/C17H17N3OS/c1-20-11-12-22-17(20)19-16(21)10-8-14-7-9-15(18-14)13-5-3-2-4-6-13/h2-7,9,11-12,18H,8,10H2,1H3. The van der Waals surface area contributed by atoms with Gasteiger partial charge in [0.05, 0.1) is 0 Å². The summed E-state index contributed by atoms with van der Waals surface area (Å²) in [4.78, 5) is 20.1. The number of aromatic nitrogens is 2. The van der Waals surface area contributed by atoms with Crippen LogP contribution in [-0.4, -0.2) is 15.5 Å². The maximum Gasteiger partial charge on any atom is 0.248 e. The molecule has 1 amide bonds. The lowest BCUT2D eigenvalue weighted by atomic mass is 10.2. The normalized spacial score (nSPS) is 11.8. The first-order chi connectivity index (χ1) is 10.7. The number of hydrogen-bond acceptors (Lipinski definition) is 2. The molecular formula is C17H17N3OS. The lowest BCUT2D eigenvalue weighted by molar-refractivity contribution is -0.118. The molecule has 0 bridgehead atoms. The van der Waals surface area contributed by atoms with Gasteiger partial charge in [0.15, 0.2) is 4.80 Å². The molecule has 0 unspecified atom stereocenters. The highest BCUT2D eigenvalue weighted by molar-refractivity contribution is 7.07. The summed E-state index contributed by atoms with van der Waals surface area (Å²) in [7, 11) is 1.89. The average molecular weight is 311 g/mol. The van der Waals surface area contributed by atoms with Gasteiger partial charge in [0.25, 0.3) is 0 Å². The zero-order chi connectivity index (χ0) is 15.4. The van der Waals surface area contributed by atoms with Crippen molar-refractivity contribution in [3.63, 3.8) is 0 Å². The van der Waals surface area contributed by atoms with Crippen molar-refractivity contribution in [2.75, 3.05) is 0 Å². The monoisotopic (exact) mass is 311 g/mol. The van der Waals surface area contributed by atoms with Crippen LogP contribution < -0.4 is 4.80 Å². The maximum absolute atomic E-state index is 11.9. The number of thiazole rings is 1. The summed E-state index contributed by atoms with van der Waals surface area (Å²) in [5.74, 6) is -0.0890. The molecule has 1 N–H and O–H groups in total. The minimum absolute atomic E-state index is 0.0890. The van der Waals surface area contributed by atoms with E-state index in [9.17, 15) is 4.79 Å². The van der Waals surface area contributed by atoms with Crippen LogP contribution in [0.25, 0.3) is 11.3 Å². The molecule has 0 spiro atoms. The van der Waals surface area contributed by atoms with Gasteiger partial charge in [0.1, 0.15) is 0 Å². The van der Waals surface area contributed by atoms with Gasteiger partial charge in [0, 0.05) is 36.4 Å². The molecular weight excluding hydrogens is 294 g/mol. The van der Waals surface area contributed by atoms with Crippen LogP contribution in [0, 0.1) is 0 Å². The molecule has 0 saturated carbocycles. The third-order valence-corrected chi connectivity index (χ3v) is 4.27. The van der Waals surface area contributed by atoms with Gasteiger partial charge in [0.2, 0.25) is 5.91 Å². The van der Waals surface area contributed by atoms with Crippen LogP contribution in [0.3, 0.4) is 0 Å². The van der Waals surface area contributed by atoms with Crippen molar-refractivity contribution in [2.45, 2.75) is 12.8 Å². The minimum Gasteiger partial charge on any atom is -0.358 e. The number of benzene rings is 1. The fourth-order valence-corrected chi connectivity index (χ4v) is 2.96. The Morgan fingerprint density at radius 2 is 2.05 bits per heavy atom. The van der Waals surface area contributed by atoms with Crippen LogP contribution in [0.15, 0.2) is 59.0 Å². The van der Waals surface area contributed by atoms with Crippen molar-refractivity contribution < 1.29 is 4.79 Å². The molecule has 0 atom stereocenters. The summed E-state index contributed by atoms with van der Waals surface area (Å²) in [6.07, 6.45) is 2.98. The Kier molecular flexibility index (Phi) is 4.34. The van der Waals surface area contributed by atoms with Crippen molar-refractivity contribution in [1.29, 1.82) is 0 Å². The van der Waals surface area contributed by atoms with E-state index in [0.717, 1.165) is 21.8 Å². The molecule has 22 heavy (non-hydrogen) atoms. The van der Waals surface area contributed by atoms with E-state index in [1.807, 2.05) is 53.5 Å². The Bertz CT molecular complexity index is 827. The molecule has 1 aromatic carbocycles. The SMILES string of the molecule is Cn1ccsc1=NC(=O)CCc1ccc(-c2ccccc2)[nH]1. The molecule has 0 saturated heterocycles. The molecule has 3 rings (SSSR count). The Labute approximate surface area is 132 Å². The first-order valence-corrected chi connectivity index (χ1v) is 8.01. The summed E-state index contributed by atoms with van der Waals surface area (Å²) in [5, 5.41) is 1.92. The molecule has 112 valence electrons. The van der Waals surface area contributed by atoms with Gasteiger partial charge in [-0.25, -0.2) is 0 Å². The van der Waals surface area contributed by atoms with Crippen LogP contribution in [0.4, 0.5) is 0 Å². The number of aromatic amines is 1. The van der Waals surface area contributed by atoms with Crippen molar-refractivity contribution in [1.82, 2.24) is 9.55 Å². The number of carbonyl (C=O) groups excluding carboxylic acids is 1. The van der Waals surface area contributed by atoms with E-state index in [-0.39, 0.29) is 5.91 Å². The topological polar surface area (TPSA) is 50.1 Å². The van der Waals surface area contributed by atoms with Crippen molar-refractivity contribution >= 4 is 17.2 Å². The highest BCUT2D eigenvalue weighted by atomic mass is 32.1. The third kappa shape index (κ3) is 3.43. The Morgan fingerprint density at radius 3 is 2.77 bits per heavy atom. The van der Waals surface area contributed by atoms with Gasteiger partial charge < -0.3 is 9.55 Å². The molecule has 2 aromatic heterocycles. The van der Waals surface area contributed by atoms with Crippen molar-refractivity contribution in [2.24, 2.45) is 12.0 Å². The van der Waals surface area contributed by atoms with Crippen molar-refractivity contribution in [3.8, 4) is 11.3 Å². The summed E-state index contributed by atoms with van der Waals surface area (Å²) in [6, 6.07) is 14.2. The van der Waals surface area contributed by atoms with Gasteiger partial charge in [-0.3, -0.25) is 4.79 Å². The maximum atomic E-state index is 11.9. The number of rotatable bonds is 4. The number of aryl methyl sites for hydroxylation is 2. The van der Waals surface area contributed by atoms with Crippen LogP contribution in [0.5, 0.6) is 0 Å². The molecule has 0 radical (unpaired) electrons. The zero-order valence-electron chi connectivity index (χ0n) is 12.3. The van der Waals surface area contributed by atoms with Crippen LogP contribution in [0.2, 0.25) is 0 Å². The number of H-pyrrole nitrogens is 1. The second kappa shape index (κ2) is 6.58. The van der Waals surface area contributed by atoms with Gasteiger partial charge in [-0.15, -0.1) is 11.3 Å². The number of carbonyl (C=O) groups is 1. The molecule has 2 heterocycles. The van der Waals surface area contributed by atoms with E-state index in [2.05, 4.69) is 22.1 Å². The minimum atomic E-state index is -0.0890. The van der Waals surface area contributed by atoms with Crippen LogP contribution in [-0.2, 0) is 18.3 Å². The van der Waals surface area contributed by atoms with E-state index in [4.69, 9.17) is 0 Å². The summed E-state index contributed by atoms with van der Waals surface area (Å²) in [6.45, 7) is 0. The van der Waals surface area contributed by atoms with Gasteiger partial charge >= 0.3 is 0 Å². The smallest absolute Gasteiger partial charge is 0.248 e. The predicted octanol–water partition coefficient (Wildman–Crippen LogP) is 3.14. The Morgan fingerprint density at radius 1 is 1.23 bits per heavy atom. The Hall–Kier alpha value is -2.40. The van der Waals surface area contributed by atoms with Gasteiger partial charge in [-0.1, -0.05) is 30.3 Å². The summed E-state index contributed by atoms with van der Waals surface area (Å²) >= 11 is 1.47. The first-order valence-electron chi connectivity index (χ1n) is 7.13. The number of nitrogens with zero attached hydrogens (tertiary/aromatic N) is 2. The largest absolute Gasteiger partial charge is 0.358 e. The van der Waals surface area contributed by atoms with E-state index in [1.165, 1.54) is 11.3 Å². The average Bonchev–Trinajstić information content (AvgIpc) is 3.16. The van der Waals surface area contributed by atoms with E-state index >= 15 is 0 Å². The fraction of sp³-hybridized carbons (Fsp3) is 0.176. The first kappa shape index (κ1) is 14.5. The van der Waals surface area contributed by atoms with Gasteiger partial charge in [-0.2, -0.15) is 4.99 Å². The van der Waals surface area contributed by atoms with E-state index < -0.39 is 0 Å². The highest BCUT2D eigenvalue weighted by Gasteiger charge is 2.05. The fourth-order valence-electron chi connectivity index (χ4n) is 2.21. The number of amides is 1. The molecule has 0 aliphatic heterocycles. The van der Waals surface area contributed by atoms with Gasteiger partial charge in [-0.05, 0) is 24.1 Å². The summed E-state index contributed by atoms with van der Waals surface area (Å²) in [5.41, 5.74) is 3.28. The third-order valence-electron chi connectivity index (χ3n) is 3.42. The lowest BCUT2D eigenvalue weighted by Gasteiger charge is -1.98. The van der Waals surface area contributed by atoms with E-state index in [1.54, 1.807) is 0 Å². The lowest BCUT2D eigenvalue weighted by Crippen LogP contribution is -2.12. The molecule has 0 fully saturated rings. The van der Waals surface area contributed by atoms with E-state index in [0.29, 0.717) is 12.8 Å². The molecule has 5 heteroatoms. The highest BCUT2D eigenvalue weighted by Crippen LogP contribution is 2.18. The predicted molar refractivity (Wildman–Crippen MR) is 88.4 cm³/mol. The molecule has 0 aliphatic rings. The quantitative estimate of drug-likeness (QED) is 0.790. The summed E-state index contributed by atoms with van der Waals surface area (Å²) < 4.78 is 1.85. The molecule has 3 aromatic rings. The number of nitrogens with one attached hydrogen (secondary N) is 1. The second-order valence-corrected chi connectivity index (χ2v) is 5.94. The van der Waals surface area contributed by atoms with Crippen LogP contribution in [0.1, 0.15) is 12.1 Å². The second-order valence-electron chi connectivity index (χ2n) is 5.07. The number of hydrogen-bond donors (Lipinski definition) is 1. The Balaban J connectivity index is 1.64. The molecule has 4 nitrogen and oxygen atoms in total.